The third-order valence-electron chi connectivity index (χ3n) is 4.74. The highest BCUT2D eigenvalue weighted by Gasteiger charge is 2.24. The number of aliphatic hydroxyl groups is 1. The molecule has 2 unspecified atom stereocenters. The lowest BCUT2D eigenvalue weighted by Gasteiger charge is -2.28. The Labute approximate surface area is 137 Å². The molecular weight excluding hydrogens is 292 g/mol. The molecule has 1 aliphatic heterocycles. The van der Waals surface area contributed by atoms with Crippen LogP contribution in [0, 0.1) is 0 Å². The third-order valence-corrected chi connectivity index (χ3v) is 4.74. The van der Waals surface area contributed by atoms with Crippen molar-refractivity contribution in [2.75, 3.05) is 18.0 Å². The number of hydrogen-bond acceptors (Lipinski definition) is 4. The number of amides is 2. The third kappa shape index (κ3) is 4.34. The average molecular weight is 318 g/mol. The van der Waals surface area contributed by atoms with Gasteiger partial charge in [-0.05, 0) is 43.4 Å². The molecule has 6 heteroatoms. The topological polar surface area (TPSA) is 77.5 Å². The van der Waals surface area contributed by atoms with E-state index in [4.69, 9.17) is 0 Å². The maximum atomic E-state index is 12.0. The van der Waals surface area contributed by atoms with Crippen LogP contribution in [0.1, 0.15) is 44.1 Å². The van der Waals surface area contributed by atoms with Crippen molar-refractivity contribution in [3.8, 4) is 0 Å². The van der Waals surface area contributed by atoms with E-state index < -0.39 is 6.10 Å². The van der Waals surface area contributed by atoms with Crippen molar-refractivity contribution in [3.05, 3.63) is 23.9 Å². The number of anilines is 1. The van der Waals surface area contributed by atoms with Crippen molar-refractivity contribution in [2.45, 2.75) is 57.2 Å². The van der Waals surface area contributed by atoms with Gasteiger partial charge >= 0.3 is 6.03 Å². The van der Waals surface area contributed by atoms with Crippen molar-refractivity contribution in [3.63, 3.8) is 0 Å². The standard InChI is InChI=1S/C17H26N4O2/c22-15-6-2-1-5-14(15)20-17(23)19-12-13-7-8-18-16(11-13)21-9-3-4-10-21/h7-8,11,14-15,22H,1-6,9-10,12H2,(H2,19,20,23). The van der Waals surface area contributed by atoms with Crippen LogP contribution in [0.25, 0.3) is 0 Å². The molecule has 2 fully saturated rings. The van der Waals surface area contributed by atoms with Gasteiger partial charge in [0.15, 0.2) is 0 Å². The summed E-state index contributed by atoms with van der Waals surface area (Å²) in [5, 5.41) is 15.7. The number of nitrogens with zero attached hydrogens (tertiary/aromatic N) is 2. The van der Waals surface area contributed by atoms with E-state index in [0.717, 1.165) is 50.2 Å². The predicted octanol–water partition coefficient (Wildman–Crippen LogP) is 1.78. The molecule has 126 valence electrons. The molecule has 2 amide bonds. The van der Waals surface area contributed by atoms with Crippen LogP contribution < -0.4 is 15.5 Å². The number of rotatable bonds is 4. The minimum Gasteiger partial charge on any atom is -0.391 e. The second kappa shape index (κ2) is 7.64. The maximum absolute atomic E-state index is 12.0. The molecule has 23 heavy (non-hydrogen) atoms. The van der Waals surface area contributed by atoms with E-state index in [0.29, 0.717) is 6.54 Å². The van der Waals surface area contributed by atoms with E-state index in [2.05, 4.69) is 20.5 Å². The Morgan fingerprint density at radius 2 is 2.04 bits per heavy atom. The van der Waals surface area contributed by atoms with E-state index in [-0.39, 0.29) is 12.1 Å². The Morgan fingerprint density at radius 1 is 1.26 bits per heavy atom. The van der Waals surface area contributed by atoms with E-state index in [1.54, 1.807) is 6.20 Å². The van der Waals surface area contributed by atoms with Gasteiger partial charge in [-0.3, -0.25) is 0 Å². The summed E-state index contributed by atoms with van der Waals surface area (Å²) in [5.41, 5.74) is 1.04. The summed E-state index contributed by atoms with van der Waals surface area (Å²) in [6.07, 6.45) is 7.54. The Balaban J connectivity index is 1.49. The first-order valence-electron chi connectivity index (χ1n) is 8.65. The quantitative estimate of drug-likeness (QED) is 0.791. The summed E-state index contributed by atoms with van der Waals surface area (Å²) in [7, 11) is 0. The van der Waals surface area contributed by atoms with E-state index in [1.165, 1.54) is 12.8 Å². The molecule has 1 aromatic heterocycles. The highest BCUT2D eigenvalue weighted by atomic mass is 16.3. The Morgan fingerprint density at radius 3 is 2.83 bits per heavy atom. The second-order valence-corrected chi connectivity index (χ2v) is 6.50. The maximum Gasteiger partial charge on any atom is 0.315 e. The fourth-order valence-corrected chi connectivity index (χ4v) is 3.37. The molecule has 3 rings (SSSR count). The molecule has 1 saturated heterocycles. The van der Waals surface area contributed by atoms with Gasteiger partial charge in [0.25, 0.3) is 0 Å². The molecule has 0 radical (unpaired) electrons. The number of hydrogen-bond donors (Lipinski definition) is 3. The van der Waals surface area contributed by atoms with Crippen LogP contribution in [0.2, 0.25) is 0 Å². The summed E-state index contributed by atoms with van der Waals surface area (Å²) in [5.74, 6) is 0.991. The fraction of sp³-hybridized carbons (Fsp3) is 0.647. The van der Waals surface area contributed by atoms with E-state index in [1.807, 2.05) is 12.1 Å². The number of carbonyl (C=O) groups is 1. The van der Waals surface area contributed by atoms with Crippen LogP contribution in [-0.4, -0.2) is 41.4 Å². The molecule has 6 nitrogen and oxygen atoms in total. The fourth-order valence-electron chi connectivity index (χ4n) is 3.37. The van der Waals surface area contributed by atoms with Gasteiger partial charge in [-0.25, -0.2) is 9.78 Å². The lowest BCUT2D eigenvalue weighted by molar-refractivity contribution is 0.0943. The zero-order valence-corrected chi connectivity index (χ0v) is 13.5. The SMILES string of the molecule is O=C(NCc1ccnc(N2CCCC2)c1)NC1CCCCC1O. The van der Waals surface area contributed by atoms with Crippen LogP contribution in [0.3, 0.4) is 0 Å². The van der Waals surface area contributed by atoms with Gasteiger partial charge in [-0.2, -0.15) is 0 Å². The molecule has 0 bridgehead atoms. The smallest absolute Gasteiger partial charge is 0.315 e. The van der Waals surface area contributed by atoms with E-state index >= 15 is 0 Å². The average Bonchev–Trinajstić information content (AvgIpc) is 3.10. The second-order valence-electron chi connectivity index (χ2n) is 6.50. The molecule has 2 aliphatic rings. The Hall–Kier alpha value is -1.82. The van der Waals surface area contributed by atoms with Gasteiger partial charge in [0.1, 0.15) is 5.82 Å². The van der Waals surface area contributed by atoms with Crippen molar-refractivity contribution in [1.82, 2.24) is 15.6 Å². The molecule has 0 spiro atoms. The van der Waals surface area contributed by atoms with Gasteiger partial charge in [0, 0.05) is 25.8 Å². The van der Waals surface area contributed by atoms with Crippen molar-refractivity contribution >= 4 is 11.8 Å². The summed E-state index contributed by atoms with van der Waals surface area (Å²) in [4.78, 5) is 18.7. The van der Waals surface area contributed by atoms with Crippen LogP contribution in [0.4, 0.5) is 10.6 Å². The Bertz CT molecular complexity index is 531. The largest absolute Gasteiger partial charge is 0.391 e. The lowest BCUT2D eigenvalue weighted by atomic mass is 9.93. The van der Waals surface area contributed by atoms with Gasteiger partial charge in [-0.1, -0.05) is 12.8 Å². The Kier molecular flexibility index (Phi) is 5.33. The van der Waals surface area contributed by atoms with Crippen LogP contribution >= 0.6 is 0 Å². The lowest BCUT2D eigenvalue weighted by Crippen LogP contribution is -2.48. The summed E-state index contributed by atoms with van der Waals surface area (Å²) < 4.78 is 0. The number of carbonyl (C=O) groups excluding carboxylic acids is 1. The number of aromatic nitrogens is 1. The zero-order valence-electron chi connectivity index (χ0n) is 13.5. The van der Waals surface area contributed by atoms with Gasteiger partial charge in [0.2, 0.25) is 0 Å². The number of nitrogens with one attached hydrogen (secondary N) is 2. The predicted molar refractivity (Wildman–Crippen MR) is 89.3 cm³/mol. The van der Waals surface area contributed by atoms with Crippen LogP contribution in [0.15, 0.2) is 18.3 Å². The first kappa shape index (κ1) is 16.1. The molecule has 3 N–H and O–H groups in total. The van der Waals surface area contributed by atoms with Crippen LogP contribution in [0.5, 0.6) is 0 Å². The van der Waals surface area contributed by atoms with Crippen LogP contribution in [-0.2, 0) is 6.54 Å². The van der Waals surface area contributed by atoms with Gasteiger partial charge in [-0.15, -0.1) is 0 Å². The van der Waals surface area contributed by atoms with E-state index in [9.17, 15) is 9.90 Å². The molecule has 1 aromatic rings. The van der Waals surface area contributed by atoms with Crippen molar-refractivity contribution < 1.29 is 9.90 Å². The molecule has 2 atom stereocenters. The summed E-state index contributed by atoms with van der Waals surface area (Å²) in [6.45, 7) is 2.59. The normalized spacial score (nSPS) is 24.5. The first-order chi connectivity index (χ1) is 11.2. The van der Waals surface area contributed by atoms with Crippen molar-refractivity contribution in [1.29, 1.82) is 0 Å². The minimum atomic E-state index is -0.419. The number of urea groups is 1. The minimum absolute atomic E-state index is 0.124. The highest BCUT2D eigenvalue weighted by molar-refractivity contribution is 5.74. The number of aliphatic hydroxyl groups excluding tert-OH is 1. The first-order valence-corrected chi connectivity index (χ1v) is 8.65. The van der Waals surface area contributed by atoms with Gasteiger partial charge in [0.05, 0.1) is 12.1 Å². The number of pyridine rings is 1. The molecule has 0 aromatic carbocycles. The monoisotopic (exact) mass is 318 g/mol. The summed E-state index contributed by atoms with van der Waals surface area (Å²) in [6, 6.07) is 3.63. The van der Waals surface area contributed by atoms with Crippen molar-refractivity contribution in [2.24, 2.45) is 0 Å². The molecule has 1 aliphatic carbocycles. The summed E-state index contributed by atoms with van der Waals surface area (Å²) >= 11 is 0. The molecular formula is C17H26N4O2. The molecule has 1 saturated carbocycles. The van der Waals surface area contributed by atoms with Gasteiger partial charge < -0.3 is 20.6 Å². The highest BCUT2D eigenvalue weighted by Crippen LogP contribution is 2.19. The molecule has 2 heterocycles. The zero-order chi connectivity index (χ0) is 16.1.